The van der Waals surface area contributed by atoms with Gasteiger partial charge in [0.05, 0.1) is 0 Å². The first-order valence-corrected chi connectivity index (χ1v) is 10.9. The van der Waals surface area contributed by atoms with E-state index >= 15 is 0 Å². The minimum atomic E-state index is -0.534. The molecule has 0 saturated carbocycles. The average molecular weight is 479 g/mol. The molecule has 1 N–H and O–H groups in total. The number of amides is 1. The fraction of sp³-hybridized carbons (Fsp3) is 0.240. The third-order valence-electron chi connectivity index (χ3n) is 5.53. The molecule has 158 valence electrons. The van der Waals surface area contributed by atoms with Gasteiger partial charge in [-0.25, -0.2) is 0 Å². The number of fused-ring (bicyclic) bond motifs is 1. The fourth-order valence-electron chi connectivity index (χ4n) is 3.98. The molecular formula is C25H23BrN2O3. The Morgan fingerprint density at radius 2 is 1.65 bits per heavy atom. The molecule has 6 heteroatoms. The van der Waals surface area contributed by atoms with Crippen molar-refractivity contribution in [3.63, 3.8) is 0 Å². The van der Waals surface area contributed by atoms with Crippen molar-refractivity contribution in [2.45, 2.75) is 33.6 Å². The highest BCUT2D eigenvalue weighted by Gasteiger charge is 2.35. The summed E-state index contributed by atoms with van der Waals surface area (Å²) >= 11 is 3.36. The maximum Gasteiger partial charge on any atom is 0.268 e. The number of ketones is 1. The number of carbonyl (C=O) groups is 2. The van der Waals surface area contributed by atoms with Gasteiger partial charge in [0.2, 0.25) is 0 Å². The summed E-state index contributed by atoms with van der Waals surface area (Å²) in [5.41, 5.74) is 2.65. The van der Waals surface area contributed by atoms with E-state index in [0.29, 0.717) is 35.5 Å². The number of hydrogen-bond donors (Lipinski definition) is 1. The number of Topliss-reactive ketones (excluding diaryl/α,β-unsaturated/α-hetero) is 1. The lowest BCUT2D eigenvalue weighted by molar-refractivity contribution is 0.0909. The van der Waals surface area contributed by atoms with E-state index in [-0.39, 0.29) is 16.8 Å². The normalized spacial score (nSPS) is 14.8. The minimum Gasteiger partial charge on any atom is -0.322 e. The Hall–Kier alpha value is -2.99. The van der Waals surface area contributed by atoms with Crippen molar-refractivity contribution < 1.29 is 9.59 Å². The third kappa shape index (κ3) is 4.26. The summed E-state index contributed by atoms with van der Waals surface area (Å²) in [6.07, 6.45) is 0.950. The predicted molar refractivity (Wildman–Crippen MR) is 125 cm³/mol. The van der Waals surface area contributed by atoms with Crippen molar-refractivity contribution in [3.8, 4) is 5.69 Å². The van der Waals surface area contributed by atoms with E-state index in [2.05, 4.69) is 21.2 Å². The largest absolute Gasteiger partial charge is 0.322 e. The summed E-state index contributed by atoms with van der Waals surface area (Å²) in [6, 6.07) is 16.1. The molecule has 5 nitrogen and oxygen atoms in total. The van der Waals surface area contributed by atoms with Crippen LogP contribution >= 0.6 is 15.9 Å². The van der Waals surface area contributed by atoms with Gasteiger partial charge in [0, 0.05) is 33.5 Å². The summed E-state index contributed by atoms with van der Waals surface area (Å²) < 4.78 is 2.42. The quantitative estimate of drug-likeness (QED) is 0.553. The summed E-state index contributed by atoms with van der Waals surface area (Å²) in [5.74, 6) is -0.585. The second-order valence-electron chi connectivity index (χ2n) is 8.80. The molecule has 0 fully saturated rings. The van der Waals surface area contributed by atoms with Crippen LogP contribution in [0.25, 0.3) is 5.69 Å². The molecule has 0 aliphatic heterocycles. The van der Waals surface area contributed by atoms with Crippen LogP contribution in [0.1, 0.15) is 52.2 Å². The van der Waals surface area contributed by atoms with Crippen LogP contribution in [0.2, 0.25) is 0 Å². The smallest absolute Gasteiger partial charge is 0.268 e. The van der Waals surface area contributed by atoms with Gasteiger partial charge in [-0.05, 0) is 61.2 Å². The lowest BCUT2D eigenvalue weighted by Crippen LogP contribution is -2.37. The topological polar surface area (TPSA) is 68.2 Å². The van der Waals surface area contributed by atoms with Crippen molar-refractivity contribution in [2.24, 2.45) is 5.41 Å². The zero-order valence-corrected chi connectivity index (χ0v) is 19.2. The summed E-state index contributed by atoms with van der Waals surface area (Å²) in [6.45, 7) is 6.01. The van der Waals surface area contributed by atoms with Crippen molar-refractivity contribution in [3.05, 3.63) is 91.8 Å². The molecule has 0 bridgehead atoms. The second-order valence-corrected chi connectivity index (χ2v) is 9.71. The third-order valence-corrected chi connectivity index (χ3v) is 6.06. The molecule has 0 saturated heterocycles. The van der Waals surface area contributed by atoms with Crippen LogP contribution in [-0.2, 0) is 6.42 Å². The molecular weight excluding hydrogens is 456 g/mol. The number of rotatable bonds is 3. The standard InChI is InChI=1S/C25H23BrN2O3/c1-15-4-10-18(11-5-15)28-21-13-25(2,3)14-22(29)19(21)12-20(24(28)31)23(30)27-17-8-6-16(26)7-9-17/h4-12H,13-14H2,1-3H3,(H,27,30). The Kier molecular flexibility index (Phi) is 5.43. The fourth-order valence-corrected chi connectivity index (χ4v) is 4.24. The monoisotopic (exact) mass is 478 g/mol. The molecule has 3 aromatic rings. The molecule has 0 radical (unpaired) electrons. The molecule has 1 aliphatic carbocycles. The molecule has 1 heterocycles. The van der Waals surface area contributed by atoms with Crippen LogP contribution in [0.4, 0.5) is 5.69 Å². The Balaban J connectivity index is 1.88. The van der Waals surface area contributed by atoms with E-state index in [9.17, 15) is 14.4 Å². The molecule has 2 aromatic carbocycles. The number of hydrogen-bond acceptors (Lipinski definition) is 3. The van der Waals surface area contributed by atoms with E-state index in [0.717, 1.165) is 10.0 Å². The Bertz CT molecular complexity index is 1240. The second kappa shape index (κ2) is 7.93. The van der Waals surface area contributed by atoms with Crippen LogP contribution < -0.4 is 10.9 Å². The SMILES string of the molecule is Cc1ccc(-n2c3c(cc(C(=O)Nc4ccc(Br)cc4)c2=O)C(=O)CC(C)(C)C3)cc1. The molecule has 0 spiro atoms. The van der Waals surface area contributed by atoms with Crippen LogP contribution in [0.3, 0.4) is 0 Å². The van der Waals surface area contributed by atoms with Gasteiger partial charge >= 0.3 is 0 Å². The van der Waals surface area contributed by atoms with Gasteiger partial charge in [-0.2, -0.15) is 0 Å². The molecule has 0 atom stereocenters. The first kappa shape index (κ1) is 21.2. The van der Waals surface area contributed by atoms with E-state index < -0.39 is 11.5 Å². The zero-order valence-electron chi connectivity index (χ0n) is 17.7. The molecule has 1 aliphatic rings. The Labute approximate surface area is 189 Å². The van der Waals surface area contributed by atoms with Crippen molar-refractivity contribution in [1.29, 1.82) is 0 Å². The van der Waals surface area contributed by atoms with Crippen molar-refractivity contribution in [2.75, 3.05) is 5.32 Å². The average Bonchev–Trinajstić information content (AvgIpc) is 2.69. The minimum absolute atomic E-state index is 0.0460. The number of nitrogens with zero attached hydrogens (tertiary/aromatic N) is 1. The van der Waals surface area contributed by atoms with Gasteiger partial charge in [-0.3, -0.25) is 19.0 Å². The van der Waals surface area contributed by atoms with Crippen LogP contribution in [0.5, 0.6) is 0 Å². The molecule has 1 amide bonds. The predicted octanol–water partition coefficient (Wildman–Crippen LogP) is 5.32. The number of pyridine rings is 1. The van der Waals surface area contributed by atoms with Gasteiger partial charge < -0.3 is 5.32 Å². The molecule has 1 aromatic heterocycles. The molecule has 31 heavy (non-hydrogen) atoms. The Morgan fingerprint density at radius 3 is 2.29 bits per heavy atom. The highest BCUT2D eigenvalue weighted by atomic mass is 79.9. The number of anilines is 1. The maximum absolute atomic E-state index is 13.5. The van der Waals surface area contributed by atoms with Gasteiger partial charge in [-0.15, -0.1) is 0 Å². The van der Waals surface area contributed by atoms with Crippen molar-refractivity contribution >= 4 is 33.3 Å². The number of aromatic nitrogens is 1. The van der Waals surface area contributed by atoms with Gasteiger partial charge in [0.15, 0.2) is 5.78 Å². The van der Waals surface area contributed by atoms with Crippen LogP contribution in [0.15, 0.2) is 63.9 Å². The molecule has 0 unspecified atom stereocenters. The van der Waals surface area contributed by atoms with Gasteiger partial charge in [-0.1, -0.05) is 47.5 Å². The highest BCUT2D eigenvalue weighted by Crippen LogP contribution is 2.35. The van der Waals surface area contributed by atoms with E-state index in [1.54, 1.807) is 24.3 Å². The number of aryl methyl sites for hydroxylation is 1. The van der Waals surface area contributed by atoms with E-state index in [1.807, 2.05) is 45.0 Å². The number of benzene rings is 2. The zero-order chi connectivity index (χ0) is 22.3. The maximum atomic E-state index is 13.5. The summed E-state index contributed by atoms with van der Waals surface area (Å²) in [5, 5.41) is 2.77. The highest BCUT2D eigenvalue weighted by molar-refractivity contribution is 9.10. The summed E-state index contributed by atoms with van der Waals surface area (Å²) in [7, 11) is 0. The van der Waals surface area contributed by atoms with Gasteiger partial charge in [0.1, 0.15) is 5.56 Å². The number of carbonyl (C=O) groups excluding carboxylic acids is 2. The van der Waals surface area contributed by atoms with E-state index in [4.69, 9.17) is 0 Å². The summed E-state index contributed by atoms with van der Waals surface area (Å²) in [4.78, 5) is 39.5. The number of nitrogens with one attached hydrogen (secondary N) is 1. The van der Waals surface area contributed by atoms with Gasteiger partial charge in [0.25, 0.3) is 11.5 Å². The lowest BCUT2D eigenvalue weighted by Gasteiger charge is -2.32. The Morgan fingerprint density at radius 1 is 1.00 bits per heavy atom. The molecule has 4 rings (SSSR count). The van der Waals surface area contributed by atoms with Crippen LogP contribution in [0, 0.1) is 12.3 Å². The van der Waals surface area contributed by atoms with Crippen LogP contribution in [-0.4, -0.2) is 16.3 Å². The lowest BCUT2D eigenvalue weighted by atomic mass is 9.75. The first-order valence-electron chi connectivity index (χ1n) is 10.1. The first-order chi connectivity index (χ1) is 14.6. The van der Waals surface area contributed by atoms with E-state index in [1.165, 1.54) is 10.6 Å². The number of halogens is 1. The van der Waals surface area contributed by atoms with Crippen molar-refractivity contribution in [1.82, 2.24) is 4.57 Å².